The molecule has 0 heterocycles. The monoisotopic (exact) mass is 295 g/mol. The second-order valence-electron chi connectivity index (χ2n) is 2.07. The summed E-state index contributed by atoms with van der Waals surface area (Å²) in [6.45, 7) is 6.95. The Bertz CT molecular complexity index is 59.5. The van der Waals surface area contributed by atoms with Crippen LogP contribution in [-0.4, -0.2) is 17.7 Å². The van der Waals surface area contributed by atoms with Gasteiger partial charge >= 0.3 is 0 Å². The molecule has 12 heavy (non-hydrogen) atoms. The molecule has 0 aromatic rings. The third-order valence-electron chi connectivity index (χ3n) is 1.44. The van der Waals surface area contributed by atoms with Crippen molar-refractivity contribution in [3.8, 4) is 0 Å². The van der Waals surface area contributed by atoms with Crippen LogP contribution in [0.5, 0.6) is 0 Å². The van der Waals surface area contributed by atoms with E-state index >= 15 is 0 Å². The molecule has 0 amide bonds. The van der Waals surface area contributed by atoms with E-state index in [1.807, 2.05) is 0 Å². The van der Waals surface area contributed by atoms with E-state index in [0.29, 0.717) is 7.92 Å². The van der Waals surface area contributed by atoms with Crippen molar-refractivity contribution in [3.05, 3.63) is 0 Å². The van der Waals surface area contributed by atoms with Gasteiger partial charge in [-0.15, -0.1) is 49.6 Å². The molecule has 0 bridgehead atoms. The molecule has 0 saturated heterocycles. The van der Waals surface area contributed by atoms with E-state index in [1.54, 1.807) is 0 Å². The van der Waals surface area contributed by atoms with Crippen LogP contribution in [0.2, 0.25) is 0 Å². The lowest BCUT2D eigenvalue weighted by molar-refractivity contribution is 1.30. The predicted octanol–water partition coefficient (Wildman–Crippen LogP) is 4.15. The minimum absolute atomic E-state index is 0. The number of hydrogen-bond acceptors (Lipinski definition) is 0. The zero-order valence-corrected chi connectivity index (χ0v) is 13.4. The highest BCUT2D eigenvalue weighted by Crippen LogP contribution is 2.43. The molecule has 6 heteroatoms. The molecule has 0 radical (unpaired) electrons. The van der Waals surface area contributed by atoms with Crippen LogP contribution in [-0.2, 0) is 0 Å². The van der Waals surface area contributed by atoms with Crippen LogP contribution in [0, 0.1) is 0 Å². The van der Waals surface area contributed by atoms with Crippen LogP contribution in [0.3, 0.4) is 0 Å². The maximum Gasteiger partial charge on any atom is 0.0781 e. The van der Waals surface area contributed by atoms with Crippen molar-refractivity contribution in [2.75, 3.05) is 12.3 Å². The van der Waals surface area contributed by atoms with Gasteiger partial charge in [-0.1, -0.05) is 21.8 Å². The van der Waals surface area contributed by atoms with Crippen LogP contribution in [0.15, 0.2) is 0 Å². The summed E-state index contributed by atoms with van der Waals surface area (Å²) in [5.41, 5.74) is 0. The van der Waals surface area contributed by atoms with Gasteiger partial charge in [0, 0.05) is 0 Å². The largest absolute Gasteiger partial charge is 0.147 e. The number of rotatable bonds is 3. The van der Waals surface area contributed by atoms with Gasteiger partial charge < -0.3 is 0 Å². The summed E-state index contributed by atoms with van der Waals surface area (Å²) in [4.78, 5) is 0. The van der Waals surface area contributed by atoms with E-state index in [1.165, 1.54) is 12.3 Å². The summed E-state index contributed by atoms with van der Waals surface area (Å²) in [5, 5.41) is 0.972. The molecule has 2 unspecified atom stereocenters. The lowest BCUT2D eigenvalue weighted by atomic mass is 10.9. The van der Waals surface area contributed by atoms with Crippen molar-refractivity contribution in [2.45, 2.75) is 26.2 Å². The van der Waals surface area contributed by atoms with Gasteiger partial charge in [0.1, 0.15) is 0 Å². The van der Waals surface area contributed by atoms with Crippen molar-refractivity contribution in [1.29, 1.82) is 0 Å². The summed E-state index contributed by atoms with van der Waals surface area (Å²) in [7, 11) is 2.54. The molecule has 0 aromatic heterocycles. The molecule has 82 valence electrons. The smallest absolute Gasteiger partial charge is 0.0781 e. The summed E-state index contributed by atoms with van der Waals surface area (Å²) in [5.74, 6) is 0. The van der Waals surface area contributed by atoms with E-state index in [2.05, 4.69) is 30.0 Å². The maximum absolute atomic E-state index is 2.34. The van der Waals surface area contributed by atoms with Crippen molar-refractivity contribution in [3.63, 3.8) is 0 Å². The first-order chi connectivity index (χ1) is 3.72. The Hall–Kier alpha value is 2.02. The van der Waals surface area contributed by atoms with E-state index in [-0.39, 0.29) is 49.6 Å². The molecular formula is C6H21Cl4P2+. The Morgan fingerprint density at radius 3 is 1.25 bits per heavy atom. The molecule has 0 spiro atoms. The molecule has 0 N–H and O–H groups in total. The highest BCUT2D eigenvalue weighted by Gasteiger charge is 2.09. The molecule has 0 rings (SSSR count). The Morgan fingerprint density at radius 1 is 1.00 bits per heavy atom. The van der Waals surface area contributed by atoms with E-state index in [4.69, 9.17) is 0 Å². The Balaban J connectivity index is -0.0000000408. The minimum Gasteiger partial charge on any atom is -0.147 e. The second kappa shape index (κ2) is 18.7. The highest BCUT2D eigenvalue weighted by molar-refractivity contribution is 7.65. The number of halogens is 4. The minimum atomic E-state index is 0. The van der Waals surface area contributed by atoms with Crippen LogP contribution >= 0.6 is 66.8 Å². The molecular weight excluding hydrogens is 276 g/mol. The first kappa shape index (κ1) is 29.2. The van der Waals surface area contributed by atoms with Gasteiger partial charge in [-0.25, -0.2) is 0 Å². The van der Waals surface area contributed by atoms with E-state index in [9.17, 15) is 0 Å². The van der Waals surface area contributed by atoms with Crippen LogP contribution in [0.25, 0.3) is 0 Å². The molecule has 0 fully saturated rings. The third-order valence-corrected chi connectivity index (χ3v) is 5.86. The fraction of sp³-hybridized carbons (Fsp3) is 1.00. The highest BCUT2D eigenvalue weighted by atomic mass is 35.5. The van der Waals surface area contributed by atoms with E-state index < -0.39 is 0 Å². The molecule has 0 aliphatic carbocycles. The maximum atomic E-state index is 2.34. The lowest BCUT2D eigenvalue weighted by Crippen LogP contribution is -1.92. The molecule has 0 saturated carbocycles. The molecule has 0 nitrogen and oxygen atoms in total. The third kappa shape index (κ3) is 14.5. The Labute approximate surface area is 105 Å². The van der Waals surface area contributed by atoms with Crippen molar-refractivity contribution in [1.82, 2.24) is 0 Å². The molecule has 2 atom stereocenters. The van der Waals surface area contributed by atoms with Gasteiger partial charge in [0.15, 0.2) is 0 Å². The van der Waals surface area contributed by atoms with Crippen LogP contribution in [0.4, 0.5) is 0 Å². The normalized spacial score (nSPS) is 10.0. The molecule has 0 aromatic carbocycles. The average Bonchev–Trinajstić information content (AvgIpc) is 1.69. The topological polar surface area (TPSA) is 0 Å². The van der Waals surface area contributed by atoms with Crippen molar-refractivity contribution >= 4 is 66.8 Å². The Kier molecular flexibility index (Phi) is 45.6. The fourth-order valence-electron chi connectivity index (χ4n) is 0.847. The predicted molar refractivity (Wildman–Crippen MR) is 77.6 cm³/mol. The van der Waals surface area contributed by atoms with Gasteiger partial charge in [0.05, 0.1) is 5.40 Å². The van der Waals surface area contributed by atoms with Crippen molar-refractivity contribution in [2.24, 2.45) is 0 Å². The first-order valence-electron chi connectivity index (χ1n) is 3.29. The first-order valence-corrected chi connectivity index (χ1v) is 5.89. The summed E-state index contributed by atoms with van der Waals surface area (Å²) < 4.78 is 0. The quantitative estimate of drug-likeness (QED) is 0.687. The zero-order chi connectivity index (χ0) is 6.57. The van der Waals surface area contributed by atoms with Gasteiger partial charge in [0.2, 0.25) is 0 Å². The van der Waals surface area contributed by atoms with Crippen LogP contribution in [0.1, 0.15) is 20.8 Å². The number of hydrogen-bond donors (Lipinski definition) is 0. The molecule has 0 aliphatic heterocycles. The van der Waals surface area contributed by atoms with Gasteiger partial charge in [-0.05, 0) is 28.5 Å². The summed E-state index contributed by atoms with van der Waals surface area (Å²) >= 11 is 0. The van der Waals surface area contributed by atoms with E-state index in [0.717, 1.165) is 5.40 Å². The molecule has 0 aliphatic rings. The Morgan fingerprint density at radius 2 is 1.25 bits per heavy atom. The zero-order valence-electron chi connectivity index (χ0n) is 7.78. The average molecular weight is 297 g/mol. The second-order valence-corrected chi connectivity index (χ2v) is 7.31. The summed E-state index contributed by atoms with van der Waals surface area (Å²) in [6.07, 6.45) is 2.83. The van der Waals surface area contributed by atoms with Gasteiger partial charge in [0.25, 0.3) is 0 Å². The lowest BCUT2D eigenvalue weighted by Gasteiger charge is -2.12. The van der Waals surface area contributed by atoms with Gasteiger partial charge in [-0.2, -0.15) is 0 Å². The standard InChI is InChI=1S/C6H16P2.4ClH/c1-4-8(5-2)6(3)7;;;;/h6H,4-5,7H2,1-3H3;4*1H/p+1. The van der Waals surface area contributed by atoms with Gasteiger partial charge in [-0.3, -0.25) is 0 Å². The van der Waals surface area contributed by atoms with Crippen molar-refractivity contribution < 1.29 is 0 Å². The SMILES string of the molecule is CCP(CC)C(C)[PH3+].Cl.Cl.Cl.Cl. The summed E-state index contributed by atoms with van der Waals surface area (Å²) in [6, 6.07) is 0. The fourth-order valence-corrected chi connectivity index (χ4v) is 4.09. The van der Waals surface area contributed by atoms with Crippen LogP contribution < -0.4 is 0 Å².